The van der Waals surface area contributed by atoms with Crippen LogP contribution >= 0.6 is 0 Å². The second-order valence-electron chi connectivity index (χ2n) is 5.51. The fourth-order valence-corrected chi connectivity index (χ4v) is 1.82. The summed E-state index contributed by atoms with van der Waals surface area (Å²) in [6.45, 7) is 13.4. The van der Waals surface area contributed by atoms with E-state index >= 15 is 0 Å². The maximum absolute atomic E-state index is 11.8. The first kappa shape index (κ1) is 15.2. The van der Waals surface area contributed by atoms with Gasteiger partial charge in [0.2, 0.25) is 0 Å². The van der Waals surface area contributed by atoms with Crippen LogP contribution in [0.4, 0.5) is 4.79 Å². The topological polar surface area (TPSA) is 42.0 Å². The number of hydrogen-bond acceptors (Lipinski definition) is 4. The number of carbonyl (C=O) groups is 1. The number of piperazine rings is 1. The molecule has 1 heterocycles. The largest absolute Gasteiger partial charge is 0.444 e. The van der Waals surface area contributed by atoms with Crippen LogP contribution in [0, 0.1) is 0 Å². The maximum Gasteiger partial charge on any atom is 0.410 e. The van der Waals surface area contributed by atoms with Crippen molar-refractivity contribution in [3.8, 4) is 0 Å². The zero-order chi connectivity index (χ0) is 13.6. The molecule has 0 radical (unpaired) electrons. The summed E-state index contributed by atoms with van der Waals surface area (Å²) in [5, 5.41) is 0. The second kappa shape index (κ2) is 6.95. The van der Waals surface area contributed by atoms with Crippen molar-refractivity contribution < 1.29 is 14.3 Å². The predicted octanol–water partition coefficient (Wildman–Crippen LogP) is 1.58. The number of carbonyl (C=O) groups excluding carboxylic acids is 1. The average Bonchev–Trinajstić information content (AvgIpc) is 2.28. The summed E-state index contributed by atoms with van der Waals surface area (Å²) in [5.41, 5.74) is -0.414. The van der Waals surface area contributed by atoms with E-state index in [4.69, 9.17) is 9.47 Å². The molecule has 1 fully saturated rings. The van der Waals surface area contributed by atoms with Crippen LogP contribution < -0.4 is 0 Å². The number of hydrogen-bond donors (Lipinski definition) is 0. The molecule has 0 unspecified atom stereocenters. The highest BCUT2D eigenvalue weighted by atomic mass is 16.6. The lowest BCUT2D eigenvalue weighted by atomic mass is 10.2. The van der Waals surface area contributed by atoms with E-state index in [9.17, 15) is 4.79 Å². The monoisotopic (exact) mass is 258 g/mol. The number of nitrogens with zero attached hydrogens (tertiary/aromatic N) is 2. The van der Waals surface area contributed by atoms with Gasteiger partial charge in [0.15, 0.2) is 0 Å². The van der Waals surface area contributed by atoms with Crippen LogP contribution in [0.1, 0.15) is 27.7 Å². The van der Waals surface area contributed by atoms with Crippen molar-refractivity contribution in [2.75, 3.05) is 45.9 Å². The SMILES string of the molecule is CCOCCN1CCN(C(=O)OC(C)(C)C)CC1. The normalized spacial score (nSPS) is 17.9. The van der Waals surface area contributed by atoms with Gasteiger partial charge in [-0.25, -0.2) is 4.79 Å². The molecule has 0 N–H and O–H groups in total. The molecule has 106 valence electrons. The van der Waals surface area contributed by atoms with Crippen LogP contribution in [-0.4, -0.2) is 67.4 Å². The molecule has 0 aliphatic carbocycles. The second-order valence-corrected chi connectivity index (χ2v) is 5.51. The smallest absolute Gasteiger partial charge is 0.410 e. The van der Waals surface area contributed by atoms with E-state index in [2.05, 4.69) is 4.90 Å². The molecule has 1 aliphatic rings. The van der Waals surface area contributed by atoms with E-state index in [1.807, 2.05) is 27.7 Å². The fourth-order valence-electron chi connectivity index (χ4n) is 1.82. The molecule has 1 saturated heterocycles. The zero-order valence-corrected chi connectivity index (χ0v) is 12.1. The van der Waals surface area contributed by atoms with Crippen LogP contribution in [0.2, 0.25) is 0 Å². The summed E-state index contributed by atoms with van der Waals surface area (Å²) >= 11 is 0. The average molecular weight is 258 g/mol. The number of rotatable bonds is 4. The van der Waals surface area contributed by atoms with Crippen LogP contribution in [0.5, 0.6) is 0 Å². The van der Waals surface area contributed by atoms with Gasteiger partial charge in [-0.2, -0.15) is 0 Å². The minimum absolute atomic E-state index is 0.202. The number of amides is 1. The third-order valence-corrected chi connectivity index (χ3v) is 2.78. The molecular formula is C13H26N2O3. The summed E-state index contributed by atoms with van der Waals surface area (Å²) in [6.07, 6.45) is -0.202. The molecule has 0 aromatic rings. The van der Waals surface area contributed by atoms with Gasteiger partial charge >= 0.3 is 6.09 Å². The molecule has 0 aromatic heterocycles. The lowest BCUT2D eigenvalue weighted by Crippen LogP contribution is -2.50. The van der Waals surface area contributed by atoms with Gasteiger partial charge < -0.3 is 14.4 Å². The van der Waals surface area contributed by atoms with E-state index in [-0.39, 0.29) is 6.09 Å². The summed E-state index contributed by atoms with van der Waals surface area (Å²) in [5.74, 6) is 0. The molecule has 1 aliphatic heterocycles. The summed E-state index contributed by atoms with van der Waals surface area (Å²) < 4.78 is 10.7. The van der Waals surface area contributed by atoms with Gasteiger partial charge in [0.1, 0.15) is 5.60 Å². The molecule has 1 amide bonds. The van der Waals surface area contributed by atoms with Crippen molar-refractivity contribution in [1.29, 1.82) is 0 Å². The van der Waals surface area contributed by atoms with Crippen LogP contribution in [0.15, 0.2) is 0 Å². The Balaban J connectivity index is 2.24. The lowest BCUT2D eigenvalue weighted by Gasteiger charge is -2.35. The Bertz CT molecular complexity index is 255. The first-order chi connectivity index (χ1) is 8.42. The molecule has 0 atom stereocenters. The molecule has 0 aromatic carbocycles. The van der Waals surface area contributed by atoms with Crippen LogP contribution in [0.25, 0.3) is 0 Å². The fraction of sp³-hybridized carbons (Fsp3) is 0.923. The molecule has 0 spiro atoms. The van der Waals surface area contributed by atoms with E-state index in [0.717, 1.165) is 45.9 Å². The molecule has 5 heteroatoms. The van der Waals surface area contributed by atoms with Crippen molar-refractivity contribution in [2.45, 2.75) is 33.3 Å². The Morgan fingerprint density at radius 2 is 1.78 bits per heavy atom. The van der Waals surface area contributed by atoms with Gasteiger partial charge in [-0.05, 0) is 27.7 Å². The summed E-state index contributed by atoms with van der Waals surface area (Å²) in [6, 6.07) is 0. The Labute approximate surface area is 110 Å². The zero-order valence-electron chi connectivity index (χ0n) is 12.1. The minimum Gasteiger partial charge on any atom is -0.444 e. The summed E-state index contributed by atoms with van der Waals surface area (Å²) in [4.78, 5) is 15.9. The summed E-state index contributed by atoms with van der Waals surface area (Å²) in [7, 11) is 0. The van der Waals surface area contributed by atoms with Crippen molar-refractivity contribution in [3.05, 3.63) is 0 Å². The van der Waals surface area contributed by atoms with Gasteiger partial charge in [0.25, 0.3) is 0 Å². The Kier molecular flexibility index (Phi) is 5.88. The molecule has 1 rings (SSSR count). The molecule has 18 heavy (non-hydrogen) atoms. The van der Waals surface area contributed by atoms with Gasteiger partial charge in [-0.1, -0.05) is 0 Å². The lowest BCUT2D eigenvalue weighted by molar-refractivity contribution is 0.0119. The Morgan fingerprint density at radius 1 is 1.17 bits per heavy atom. The van der Waals surface area contributed by atoms with Crippen molar-refractivity contribution in [3.63, 3.8) is 0 Å². The minimum atomic E-state index is -0.414. The van der Waals surface area contributed by atoms with Gasteiger partial charge in [0, 0.05) is 39.3 Å². The quantitative estimate of drug-likeness (QED) is 0.718. The van der Waals surface area contributed by atoms with Crippen molar-refractivity contribution in [1.82, 2.24) is 9.80 Å². The first-order valence-electron chi connectivity index (χ1n) is 6.70. The van der Waals surface area contributed by atoms with Crippen LogP contribution in [0.3, 0.4) is 0 Å². The Morgan fingerprint density at radius 3 is 2.28 bits per heavy atom. The van der Waals surface area contributed by atoms with Crippen molar-refractivity contribution in [2.24, 2.45) is 0 Å². The van der Waals surface area contributed by atoms with Gasteiger partial charge in [-0.3, -0.25) is 4.90 Å². The highest BCUT2D eigenvalue weighted by molar-refractivity contribution is 5.68. The maximum atomic E-state index is 11.8. The van der Waals surface area contributed by atoms with Crippen molar-refractivity contribution >= 4 is 6.09 Å². The highest BCUT2D eigenvalue weighted by Gasteiger charge is 2.25. The van der Waals surface area contributed by atoms with E-state index in [0.29, 0.717) is 0 Å². The van der Waals surface area contributed by atoms with E-state index < -0.39 is 5.60 Å². The Hall–Kier alpha value is -0.810. The molecule has 0 saturated carbocycles. The van der Waals surface area contributed by atoms with E-state index in [1.165, 1.54) is 0 Å². The number of ether oxygens (including phenoxy) is 2. The molecule has 0 bridgehead atoms. The van der Waals surface area contributed by atoms with E-state index in [1.54, 1.807) is 4.90 Å². The predicted molar refractivity (Wildman–Crippen MR) is 70.7 cm³/mol. The van der Waals surface area contributed by atoms with Crippen LogP contribution in [-0.2, 0) is 9.47 Å². The third-order valence-electron chi connectivity index (χ3n) is 2.78. The molecular weight excluding hydrogens is 232 g/mol. The van der Waals surface area contributed by atoms with Gasteiger partial charge in [0.05, 0.1) is 6.61 Å². The first-order valence-corrected chi connectivity index (χ1v) is 6.70. The standard InChI is InChI=1S/C13H26N2O3/c1-5-17-11-10-14-6-8-15(9-7-14)12(16)18-13(2,3)4/h5-11H2,1-4H3. The third kappa shape index (κ3) is 5.69. The molecule has 5 nitrogen and oxygen atoms in total. The van der Waals surface area contributed by atoms with Gasteiger partial charge in [-0.15, -0.1) is 0 Å². The highest BCUT2D eigenvalue weighted by Crippen LogP contribution is 2.11.